The van der Waals surface area contributed by atoms with Gasteiger partial charge in [-0.25, -0.2) is 4.79 Å². The highest BCUT2D eigenvalue weighted by molar-refractivity contribution is 14.1. The van der Waals surface area contributed by atoms with Crippen LogP contribution in [-0.4, -0.2) is 26.8 Å². The molecule has 1 unspecified atom stereocenters. The molecule has 0 spiro atoms. The van der Waals surface area contributed by atoms with Gasteiger partial charge in [0.25, 0.3) is 11.8 Å². The first-order chi connectivity index (χ1) is 6.02. The minimum absolute atomic E-state index is 0.127. The number of hydroxylamine groups is 2. The van der Waals surface area contributed by atoms with Gasteiger partial charge in [0, 0.05) is 12.8 Å². The van der Waals surface area contributed by atoms with Crippen LogP contribution in [0.2, 0.25) is 0 Å². The molecule has 2 amide bonds. The fourth-order valence-corrected chi connectivity index (χ4v) is 0.934. The number of nitrogens with zero attached hydrogens (tertiary/aromatic N) is 1. The van der Waals surface area contributed by atoms with Crippen LogP contribution in [0.15, 0.2) is 0 Å². The number of carbonyl (C=O) groups is 3. The Bertz CT molecular complexity index is 247. The summed E-state index contributed by atoms with van der Waals surface area (Å²) in [6.07, 6.45) is 0.253. The van der Waals surface area contributed by atoms with Gasteiger partial charge in [0.05, 0.1) is 0 Å². The molecular formula is C7H8INO4. The maximum Gasteiger partial charge on any atom is 0.345 e. The molecule has 72 valence electrons. The van der Waals surface area contributed by atoms with Crippen LogP contribution in [0.4, 0.5) is 0 Å². The van der Waals surface area contributed by atoms with Crippen molar-refractivity contribution in [3.05, 3.63) is 0 Å². The van der Waals surface area contributed by atoms with Crippen molar-refractivity contribution in [3.63, 3.8) is 0 Å². The Morgan fingerprint density at radius 3 is 2.31 bits per heavy atom. The molecule has 6 heteroatoms. The molecule has 1 rings (SSSR count). The number of carbonyl (C=O) groups excluding carboxylic acids is 3. The number of imide groups is 1. The van der Waals surface area contributed by atoms with E-state index in [0.29, 0.717) is 5.06 Å². The largest absolute Gasteiger partial charge is 0.345 e. The fraction of sp³-hybridized carbons (Fsp3) is 0.571. The van der Waals surface area contributed by atoms with Gasteiger partial charge < -0.3 is 4.84 Å². The molecule has 1 atom stereocenters. The Labute approximate surface area is 88.5 Å². The van der Waals surface area contributed by atoms with Gasteiger partial charge in [-0.3, -0.25) is 9.59 Å². The topological polar surface area (TPSA) is 63.7 Å². The number of rotatable bonds is 2. The van der Waals surface area contributed by atoms with Crippen LogP contribution in [0.25, 0.3) is 0 Å². The highest BCUT2D eigenvalue weighted by atomic mass is 127. The molecule has 0 aliphatic carbocycles. The highest BCUT2D eigenvalue weighted by Crippen LogP contribution is 2.13. The predicted molar refractivity (Wildman–Crippen MR) is 50.7 cm³/mol. The lowest BCUT2D eigenvalue weighted by molar-refractivity contribution is -0.196. The van der Waals surface area contributed by atoms with Crippen molar-refractivity contribution < 1.29 is 19.2 Å². The third-order valence-corrected chi connectivity index (χ3v) is 2.02. The van der Waals surface area contributed by atoms with Crippen molar-refractivity contribution in [3.8, 4) is 0 Å². The number of hydrogen-bond donors (Lipinski definition) is 0. The van der Waals surface area contributed by atoms with Crippen molar-refractivity contribution in [2.45, 2.75) is 23.7 Å². The average molecular weight is 297 g/mol. The van der Waals surface area contributed by atoms with Gasteiger partial charge in [-0.1, -0.05) is 22.6 Å². The van der Waals surface area contributed by atoms with Crippen LogP contribution in [-0.2, 0) is 19.2 Å². The SMILES string of the molecule is CC(I)C(=O)ON1C(=O)CCC1=O. The first kappa shape index (κ1) is 10.4. The van der Waals surface area contributed by atoms with E-state index in [4.69, 9.17) is 0 Å². The van der Waals surface area contributed by atoms with E-state index < -0.39 is 17.8 Å². The van der Waals surface area contributed by atoms with Gasteiger partial charge in [-0.05, 0) is 6.92 Å². The molecule has 0 saturated carbocycles. The van der Waals surface area contributed by atoms with Crippen LogP contribution < -0.4 is 0 Å². The molecule has 0 aromatic rings. The lowest BCUT2D eigenvalue weighted by Crippen LogP contribution is -2.34. The molecule has 1 fully saturated rings. The van der Waals surface area contributed by atoms with Crippen molar-refractivity contribution in [2.24, 2.45) is 0 Å². The smallest absolute Gasteiger partial charge is 0.329 e. The maximum atomic E-state index is 11.0. The fourth-order valence-electron chi connectivity index (χ4n) is 0.820. The van der Waals surface area contributed by atoms with Crippen molar-refractivity contribution in [1.82, 2.24) is 5.06 Å². The minimum atomic E-state index is -0.579. The first-order valence-electron chi connectivity index (χ1n) is 3.74. The molecular weight excluding hydrogens is 289 g/mol. The van der Waals surface area contributed by atoms with E-state index in [1.165, 1.54) is 0 Å². The molecule has 1 saturated heterocycles. The van der Waals surface area contributed by atoms with Crippen molar-refractivity contribution in [1.29, 1.82) is 0 Å². The van der Waals surface area contributed by atoms with Gasteiger partial charge in [-0.2, -0.15) is 0 Å². The third kappa shape index (κ3) is 2.39. The van der Waals surface area contributed by atoms with Gasteiger partial charge in [0.15, 0.2) is 0 Å². The first-order valence-corrected chi connectivity index (χ1v) is 4.98. The van der Waals surface area contributed by atoms with Crippen LogP contribution in [0.5, 0.6) is 0 Å². The molecule has 13 heavy (non-hydrogen) atoms. The summed E-state index contributed by atoms with van der Waals surface area (Å²) < 4.78 is -0.376. The summed E-state index contributed by atoms with van der Waals surface area (Å²) in [6, 6.07) is 0. The van der Waals surface area contributed by atoms with E-state index in [2.05, 4.69) is 4.84 Å². The number of alkyl halides is 1. The van der Waals surface area contributed by atoms with E-state index >= 15 is 0 Å². The summed E-state index contributed by atoms with van der Waals surface area (Å²) in [4.78, 5) is 37.5. The van der Waals surface area contributed by atoms with Crippen molar-refractivity contribution in [2.75, 3.05) is 0 Å². The predicted octanol–water partition coefficient (Wildman–Crippen LogP) is 0.417. The van der Waals surface area contributed by atoms with Crippen LogP contribution in [0.1, 0.15) is 19.8 Å². The standard InChI is InChI=1S/C7H8INO4/c1-4(8)7(12)13-9-5(10)2-3-6(9)11/h4H,2-3H2,1H3. The van der Waals surface area contributed by atoms with Crippen molar-refractivity contribution >= 4 is 40.4 Å². The Morgan fingerprint density at radius 1 is 1.46 bits per heavy atom. The number of amides is 2. The third-order valence-electron chi connectivity index (χ3n) is 1.51. The van der Waals surface area contributed by atoms with E-state index in [0.717, 1.165) is 0 Å². The monoisotopic (exact) mass is 297 g/mol. The van der Waals surface area contributed by atoms with Crippen LogP contribution >= 0.6 is 22.6 Å². The minimum Gasteiger partial charge on any atom is -0.329 e. The molecule has 1 aliphatic rings. The summed E-state index contributed by atoms with van der Waals surface area (Å²) in [5.41, 5.74) is 0. The Balaban J connectivity index is 2.58. The van der Waals surface area contributed by atoms with Crippen LogP contribution in [0.3, 0.4) is 0 Å². The molecule has 0 aromatic carbocycles. The van der Waals surface area contributed by atoms with Gasteiger partial charge in [-0.15, -0.1) is 5.06 Å². The second-order valence-electron chi connectivity index (χ2n) is 2.61. The molecule has 0 radical (unpaired) electrons. The Morgan fingerprint density at radius 2 is 1.92 bits per heavy atom. The van der Waals surface area contributed by atoms with E-state index in [-0.39, 0.29) is 16.8 Å². The molecule has 0 N–H and O–H groups in total. The van der Waals surface area contributed by atoms with E-state index in [1.807, 2.05) is 22.6 Å². The zero-order valence-corrected chi connectivity index (χ0v) is 9.11. The molecule has 5 nitrogen and oxygen atoms in total. The molecule has 1 heterocycles. The number of halogens is 1. The summed E-state index contributed by atoms with van der Waals surface area (Å²) in [5.74, 6) is -1.48. The van der Waals surface area contributed by atoms with E-state index in [9.17, 15) is 14.4 Å². The van der Waals surface area contributed by atoms with Crippen LogP contribution in [0, 0.1) is 0 Å². The second kappa shape index (κ2) is 4.03. The zero-order chi connectivity index (χ0) is 10.0. The summed E-state index contributed by atoms with van der Waals surface area (Å²) in [7, 11) is 0. The quantitative estimate of drug-likeness (QED) is 0.421. The summed E-state index contributed by atoms with van der Waals surface area (Å²) in [6.45, 7) is 1.62. The van der Waals surface area contributed by atoms with Gasteiger partial charge in [0.2, 0.25) is 0 Å². The highest BCUT2D eigenvalue weighted by Gasteiger charge is 2.33. The zero-order valence-electron chi connectivity index (χ0n) is 6.95. The maximum absolute atomic E-state index is 11.0. The summed E-state index contributed by atoms with van der Waals surface area (Å²) in [5, 5.41) is 0.553. The molecule has 1 aliphatic heterocycles. The second-order valence-corrected chi connectivity index (χ2v) is 4.48. The Hall–Kier alpha value is -0.660. The normalized spacial score (nSPS) is 19.1. The average Bonchev–Trinajstić information content (AvgIpc) is 2.35. The van der Waals surface area contributed by atoms with Gasteiger partial charge in [0.1, 0.15) is 3.92 Å². The molecule has 0 aromatic heterocycles. The Kier molecular flexibility index (Phi) is 3.23. The lowest BCUT2D eigenvalue weighted by atomic mass is 10.4. The summed E-state index contributed by atoms with van der Waals surface area (Å²) >= 11 is 1.85. The van der Waals surface area contributed by atoms with E-state index in [1.54, 1.807) is 6.92 Å². The van der Waals surface area contributed by atoms with Gasteiger partial charge >= 0.3 is 5.97 Å². The number of hydrogen-bond acceptors (Lipinski definition) is 4. The lowest BCUT2D eigenvalue weighted by Gasteiger charge is -2.13. The molecule has 0 bridgehead atoms.